The van der Waals surface area contributed by atoms with Gasteiger partial charge in [0.25, 0.3) is 5.91 Å². The number of nitrogens with one attached hydrogen (secondary N) is 1. The predicted molar refractivity (Wildman–Crippen MR) is 62.6 cm³/mol. The van der Waals surface area contributed by atoms with Crippen molar-refractivity contribution < 1.29 is 14.4 Å². The molecule has 6 heteroatoms. The molecule has 0 spiro atoms. The number of thioether (sulfide) groups is 1. The van der Waals surface area contributed by atoms with Gasteiger partial charge in [-0.05, 0) is 19.1 Å². The summed E-state index contributed by atoms with van der Waals surface area (Å²) in [6.45, 7) is 2.58. The maximum atomic E-state index is 11.5. The second kappa shape index (κ2) is 7.29. The first kappa shape index (κ1) is 13.1. The maximum absolute atomic E-state index is 11.5. The zero-order chi connectivity index (χ0) is 11.8. The summed E-state index contributed by atoms with van der Waals surface area (Å²) in [6.07, 6.45) is 0.792. The Morgan fingerprint density at radius 3 is 3.06 bits per heavy atom. The summed E-state index contributed by atoms with van der Waals surface area (Å²) in [5.74, 6) is 1.76. The molecular formula is C10H16N2O3S. The van der Waals surface area contributed by atoms with Crippen LogP contribution in [0, 0.1) is 6.92 Å². The Bertz CT molecular complexity index is 328. The SMILES string of the molecule is Cc1cc(C(=O)NCCSCCCO)on1. The van der Waals surface area contributed by atoms with Crippen molar-refractivity contribution in [2.24, 2.45) is 0 Å². The van der Waals surface area contributed by atoms with E-state index in [0.29, 0.717) is 12.2 Å². The summed E-state index contributed by atoms with van der Waals surface area (Å²) in [7, 11) is 0. The number of carbonyl (C=O) groups excluding carboxylic acids is 1. The lowest BCUT2D eigenvalue weighted by Gasteiger charge is -2.01. The Morgan fingerprint density at radius 2 is 2.44 bits per heavy atom. The summed E-state index contributed by atoms with van der Waals surface area (Å²) in [6, 6.07) is 1.61. The molecule has 0 fully saturated rings. The molecule has 1 heterocycles. The first-order chi connectivity index (χ1) is 7.74. The van der Waals surface area contributed by atoms with Gasteiger partial charge in [-0.15, -0.1) is 0 Å². The Kier molecular flexibility index (Phi) is 5.95. The van der Waals surface area contributed by atoms with Crippen molar-refractivity contribution in [3.8, 4) is 0 Å². The van der Waals surface area contributed by atoms with E-state index in [1.54, 1.807) is 24.8 Å². The molecule has 0 bridgehead atoms. The van der Waals surface area contributed by atoms with Crippen molar-refractivity contribution in [3.05, 3.63) is 17.5 Å². The van der Waals surface area contributed by atoms with Crippen LogP contribution >= 0.6 is 11.8 Å². The third-order valence-electron chi connectivity index (χ3n) is 1.83. The quantitative estimate of drug-likeness (QED) is 0.695. The van der Waals surface area contributed by atoms with E-state index in [9.17, 15) is 4.79 Å². The summed E-state index contributed by atoms with van der Waals surface area (Å²) < 4.78 is 4.82. The first-order valence-electron chi connectivity index (χ1n) is 5.14. The molecule has 5 nitrogen and oxygen atoms in total. The van der Waals surface area contributed by atoms with Gasteiger partial charge in [-0.2, -0.15) is 11.8 Å². The Hall–Kier alpha value is -1.01. The first-order valence-corrected chi connectivity index (χ1v) is 6.29. The van der Waals surface area contributed by atoms with Gasteiger partial charge >= 0.3 is 0 Å². The van der Waals surface area contributed by atoms with Gasteiger partial charge < -0.3 is 14.9 Å². The van der Waals surface area contributed by atoms with Gasteiger partial charge in [-0.1, -0.05) is 5.16 Å². The van der Waals surface area contributed by atoms with E-state index in [-0.39, 0.29) is 18.3 Å². The number of aryl methyl sites for hydroxylation is 1. The Labute approximate surface area is 98.6 Å². The number of aliphatic hydroxyl groups excluding tert-OH is 1. The molecule has 0 aliphatic carbocycles. The van der Waals surface area contributed by atoms with Gasteiger partial charge in [0.15, 0.2) is 0 Å². The zero-order valence-electron chi connectivity index (χ0n) is 9.23. The number of hydrogen-bond donors (Lipinski definition) is 2. The number of rotatable bonds is 7. The Balaban J connectivity index is 2.11. The lowest BCUT2D eigenvalue weighted by molar-refractivity contribution is 0.0919. The van der Waals surface area contributed by atoms with Crippen molar-refractivity contribution in [3.63, 3.8) is 0 Å². The second-order valence-corrected chi connectivity index (χ2v) is 4.50. The van der Waals surface area contributed by atoms with Crippen LogP contribution < -0.4 is 5.32 Å². The standard InChI is InChI=1S/C10H16N2O3S/c1-8-7-9(15-12-8)10(14)11-3-6-16-5-2-4-13/h7,13H,2-6H2,1H3,(H,11,14). The number of amides is 1. The van der Waals surface area contributed by atoms with Crippen LogP contribution in [0.4, 0.5) is 0 Å². The van der Waals surface area contributed by atoms with E-state index in [4.69, 9.17) is 9.63 Å². The van der Waals surface area contributed by atoms with E-state index in [0.717, 1.165) is 17.9 Å². The number of hydrogen-bond acceptors (Lipinski definition) is 5. The van der Waals surface area contributed by atoms with Gasteiger partial charge in [0.1, 0.15) is 0 Å². The molecule has 0 saturated heterocycles. The van der Waals surface area contributed by atoms with Crippen molar-refractivity contribution in [2.75, 3.05) is 24.7 Å². The normalized spacial score (nSPS) is 10.4. The summed E-state index contributed by atoms with van der Waals surface area (Å²) >= 11 is 1.70. The lowest BCUT2D eigenvalue weighted by atomic mass is 10.4. The highest BCUT2D eigenvalue weighted by Gasteiger charge is 2.09. The van der Waals surface area contributed by atoms with Crippen LogP contribution in [0.15, 0.2) is 10.6 Å². The minimum Gasteiger partial charge on any atom is -0.396 e. The largest absolute Gasteiger partial charge is 0.396 e. The smallest absolute Gasteiger partial charge is 0.289 e. The number of aromatic nitrogens is 1. The van der Waals surface area contributed by atoms with Crippen LogP contribution in [0.3, 0.4) is 0 Å². The molecule has 0 aromatic carbocycles. The van der Waals surface area contributed by atoms with Crippen molar-refractivity contribution in [2.45, 2.75) is 13.3 Å². The fourth-order valence-corrected chi connectivity index (χ4v) is 1.85. The van der Waals surface area contributed by atoms with Gasteiger partial charge in [0, 0.05) is 25.0 Å². The van der Waals surface area contributed by atoms with Gasteiger partial charge in [-0.3, -0.25) is 4.79 Å². The molecule has 16 heavy (non-hydrogen) atoms. The van der Waals surface area contributed by atoms with E-state index < -0.39 is 0 Å². The third-order valence-corrected chi connectivity index (χ3v) is 2.90. The van der Waals surface area contributed by atoms with E-state index in [1.165, 1.54) is 0 Å². The van der Waals surface area contributed by atoms with Crippen molar-refractivity contribution in [1.29, 1.82) is 0 Å². The van der Waals surface area contributed by atoms with Gasteiger partial charge in [0.05, 0.1) is 5.69 Å². The molecule has 0 aliphatic heterocycles. The van der Waals surface area contributed by atoms with Crippen LogP contribution in [0.1, 0.15) is 22.7 Å². The Morgan fingerprint density at radius 1 is 1.62 bits per heavy atom. The molecule has 0 unspecified atom stereocenters. The van der Waals surface area contributed by atoms with E-state index >= 15 is 0 Å². The average Bonchev–Trinajstić information content (AvgIpc) is 2.70. The highest BCUT2D eigenvalue weighted by molar-refractivity contribution is 7.99. The van der Waals surface area contributed by atoms with Crippen LogP contribution in [-0.2, 0) is 0 Å². The molecule has 2 N–H and O–H groups in total. The summed E-state index contributed by atoms with van der Waals surface area (Å²) in [5.41, 5.74) is 0.697. The highest BCUT2D eigenvalue weighted by Crippen LogP contribution is 2.03. The van der Waals surface area contributed by atoms with Crippen LogP contribution in [0.5, 0.6) is 0 Å². The molecule has 1 aromatic rings. The maximum Gasteiger partial charge on any atom is 0.289 e. The molecule has 1 amide bonds. The van der Waals surface area contributed by atoms with E-state index in [1.807, 2.05) is 0 Å². The molecule has 1 rings (SSSR count). The average molecular weight is 244 g/mol. The fourth-order valence-electron chi connectivity index (χ4n) is 1.06. The monoisotopic (exact) mass is 244 g/mol. The minimum atomic E-state index is -0.233. The molecule has 0 saturated carbocycles. The van der Waals surface area contributed by atoms with Crippen LogP contribution in [-0.4, -0.2) is 40.8 Å². The third kappa shape index (κ3) is 4.67. The van der Waals surface area contributed by atoms with Crippen LogP contribution in [0.2, 0.25) is 0 Å². The topological polar surface area (TPSA) is 75.4 Å². The predicted octanol–water partition coefficient (Wildman–Crippen LogP) is 0.828. The highest BCUT2D eigenvalue weighted by atomic mass is 32.2. The molecular weight excluding hydrogens is 228 g/mol. The molecule has 0 radical (unpaired) electrons. The van der Waals surface area contributed by atoms with Crippen molar-refractivity contribution >= 4 is 17.7 Å². The van der Waals surface area contributed by atoms with Gasteiger partial charge in [0.2, 0.25) is 5.76 Å². The summed E-state index contributed by atoms with van der Waals surface area (Å²) in [5, 5.41) is 14.9. The van der Waals surface area contributed by atoms with E-state index in [2.05, 4.69) is 10.5 Å². The zero-order valence-corrected chi connectivity index (χ0v) is 10.0. The molecule has 90 valence electrons. The number of carbonyl (C=O) groups is 1. The number of nitrogens with zero attached hydrogens (tertiary/aromatic N) is 1. The fraction of sp³-hybridized carbons (Fsp3) is 0.600. The summed E-state index contributed by atoms with van der Waals surface area (Å²) in [4.78, 5) is 11.5. The molecule has 1 aromatic heterocycles. The van der Waals surface area contributed by atoms with Gasteiger partial charge in [-0.25, -0.2) is 0 Å². The lowest BCUT2D eigenvalue weighted by Crippen LogP contribution is -2.25. The van der Waals surface area contributed by atoms with Crippen molar-refractivity contribution in [1.82, 2.24) is 10.5 Å². The number of aliphatic hydroxyl groups is 1. The second-order valence-electron chi connectivity index (χ2n) is 3.28. The molecule has 0 aliphatic rings. The van der Waals surface area contributed by atoms with Crippen LogP contribution in [0.25, 0.3) is 0 Å². The minimum absolute atomic E-state index is 0.219. The molecule has 0 atom stereocenters.